The van der Waals surface area contributed by atoms with Crippen LogP contribution in [0.15, 0.2) is 0 Å². The second-order valence-electron chi connectivity index (χ2n) is 8.42. The first-order valence-electron chi connectivity index (χ1n) is 11.0. The molecule has 156 valence electrons. The summed E-state index contributed by atoms with van der Waals surface area (Å²) < 4.78 is 0. The molecule has 0 amide bonds. The topological polar surface area (TPSA) is 44.8 Å². The summed E-state index contributed by atoms with van der Waals surface area (Å²) in [6.07, 6.45) is 20.1. The first-order chi connectivity index (χ1) is 12.5. The fourth-order valence-corrected chi connectivity index (χ4v) is 2.84. The fraction of sp³-hybridized carbons (Fsp3) is 0.955. The van der Waals surface area contributed by atoms with Crippen LogP contribution < -0.4 is 0 Å². The molecule has 0 saturated carbocycles. The van der Waals surface area contributed by atoms with Crippen molar-refractivity contribution in [2.45, 2.75) is 136 Å². The molecule has 0 aromatic heterocycles. The molecule has 0 unspecified atom stereocenters. The summed E-state index contributed by atoms with van der Waals surface area (Å²) >= 11 is 0. The van der Waals surface area contributed by atoms with Gasteiger partial charge in [-0.05, 0) is 32.2 Å². The van der Waals surface area contributed by atoms with Crippen LogP contribution in [0.25, 0.3) is 0 Å². The van der Waals surface area contributed by atoms with Crippen molar-refractivity contribution >= 4 is 5.97 Å². The highest BCUT2D eigenvalue weighted by atomic mass is 17.5. The zero-order chi connectivity index (χ0) is 19.5. The van der Waals surface area contributed by atoms with E-state index in [4.69, 9.17) is 4.89 Å². The Morgan fingerprint density at radius 3 is 1.42 bits per heavy atom. The summed E-state index contributed by atoms with van der Waals surface area (Å²) in [5, 5.41) is 4.49. The normalized spacial score (nSPS) is 11.7. The molecule has 0 aliphatic carbocycles. The van der Waals surface area contributed by atoms with Crippen molar-refractivity contribution in [1.82, 2.24) is 0 Å². The van der Waals surface area contributed by atoms with Gasteiger partial charge >= 0.3 is 5.97 Å². The van der Waals surface area contributed by atoms with Gasteiger partial charge in [-0.1, -0.05) is 96.8 Å². The van der Waals surface area contributed by atoms with Gasteiger partial charge in [0.2, 0.25) is 0 Å². The van der Waals surface area contributed by atoms with Crippen molar-refractivity contribution in [2.24, 2.45) is 0 Å². The van der Waals surface area contributed by atoms with Crippen molar-refractivity contribution in [1.29, 1.82) is 0 Å². The van der Waals surface area contributed by atoms with E-state index >= 15 is 0 Å². The van der Waals surface area contributed by atoms with Crippen LogP contribution in [0.4, 0.5) is 0 Å². The third-order valence-electron chi connectivity index (χ3n) is 4.40. The smallest absolute Gasteiger partial charge is 0.269 e. The Morgan fingerprint density at radius 2 is 1.04 bits per heavy atom. The molecule has 0 heterocycles. The van der Waals surface area contributed by atoms with Crippen molar-refractivity contribution in [3.05, 3.63) is 0 Å². The lowest BCUT2D eigenvalue weighted by molar-refractivity contribution is -0.514. The summed E-state index contributed by atoms with van der Waals surface area (Å²) in [5.41, 5.74) is -0.477. The lowest BCUT2D eigenvalue weighted by Gasteiger charge is -2.15. The van der Waals surface area contributed by atoms with Crippen LogP contribution in [-0.4, -0.2) is 11.6 Å². The van der Waals surface area contributed by atoms with Crippen molar-refractivity contribution in [3.8, 4) is 0 Å². The van der Waals surface area contributed by atoms with Crippen LogP contribution in [0.1, 0.15) is 130 Å². The number of carbonyl (C=O) groups excluding carboxylic acids is 1. The maximum Gasteiger partial charge on any atom is 0.345 e. The SMILES string of the molecule is CCCCCCCCCCCCCCCCCC(=O)OOOC(C)(C)C. The Morgan fingerprint density at radius 1 is 0.654 bits per heavy atom. The van der Waals surface area contributed by atoms with E-state index < -0.39 is 5.60 Å². The van der Waals surface area contributed by atoms with Crippen molar-refractivity contribution in [3.63, 3.8) is 0 Å². The Balaban J connectivity index is 3.16. The van der Waals surface area contributed by atoms with Gasteiger partial charge in [0.15, 0.2) is 0 Å². The quantitative estimate of drug-likeness (QED) is 0.142. The molecule has 26 heavy (non-hydrogen) atoms. The molecule has 0 aliphatic heterocycles. The highest BCUT2D eigenvalue weighted by Gasteiger charge is 2.13. The number of carbonyl (C=O) groups is 1. The zero-order valence-corrected chi connectivity index (χ0v) is 17.9. The maximum atomic E-state index is 11.4. The maximum absolute atomic E-state index is 11.4. The van der Waals surface area contributed by atoms with E-state index in [0.29, 0.717) is 6.42 Å². The third-order valence-corrected chi connectivity index (χ3v) is 4.40. The van der Waals surface area contributed by atoms with Gasteiger partial charge in [-0.3, -0.25) is 4.89 Å². The number of hydrogen-bond donors (Lipinski definition) is 0. The molecular weight excluding hydrogens is 328 g/mol. The lowest BCUT2D eigenvalue weighted by atomic mass is 10.0. The minimum Gasteiger partial charge on any atom is -0.269 e. The van der Waals surface area contributed by atoms with E-state index in [0.717, 1.165) is 12.8 Å². The number of hydrogen-bond acceptors (Lipinski definition) is 4. The molecular formula is C22H44O4. The fourth-order valence-electron chi connectivity index (χ4n) is 2.84. The number of rotatable bonds is 18. The molecule has 0 aliphatic rings. The van der Waals surface area contributed by atoms with E-state index in [1.165, 1.54) is 83.5 Å². The first kappa shape index (κ1) is 25.4. The van der Waals surface area contributed by atoms with Crippen LogP contribution >= 0.6 is 0 Å². The predicted octanol–water partition coefficient (Wildman–Crippen LogP) is 7.45. The van der Waals surface area contributed by atoms with Gasteiger partial charge in [0.25, 0.3) is 0 Å². The molecule has 0 radical (unpaired) electrons. The lowest BCUT2D eigenvalue weighted by Crippen LogP contribution is -2.20. The first-order valence-corrected chi connectivity index (χ1v) is 11.0. The highest BCUT2D eigenvalue weighted by Crippen LogP contribution is 2.14. The Labute approximate surface area is 162 Å². The Hall–Kier alpha value is -0.610. The van der Waals surface area contributed by atoms with Crippen LogP contribution in [0, 0.1) is 0 Å². The average Bonchev–Trinajstić information content (AvgIpc) is 2.57. The largest absolute Gasteiger partial charge is 0.345 e. The molecule has 4 heteroatoms. The van der Waals surface area contributed by atoms with E-state index in [2.05, 4.69) is 16.8 Å². The van der Waals surface area contributed by atoms with Crippen LogP contribution in [0.5, 0.6) is 0 Å². The molecule has 0 rings (SSSR count). The van der Waals surface area contributed by atoms with Crippen LogP contribution in [0.3, 0.4) is 0 Å². The molecule has 0 aromatic rings. The summed E-state index contributed by atoms with van der Waals surface area (Å²) in [5.74, 6) is -0.357. The van der Waals surface area contributed by atoms with Gasteiger partial charge in [0.05, 0.1) is 5.60 Å². The van der Waals surface area contributed by atoms with Gasteiger partial charge in [0.1, 0.15) is 0 Å². The van der Waals surface area contributed by atoms with Gasteiger partial charge in [0, 0.05) is 6.42 Å². The zero-order valence-electron chi connectivity index (χ0n) is 17.9. The molecule has 0 atom stereocenters. The third kappa shape index (κ3) is 21.4. The predicted molar refractivity (Wildman–Crippen MR) is 108 cm³/mol. The molecule has 0 bridgehead atoms. The second kappa shape index (κ2) is 17.8. The number of unbranched alkanes of at least 4 members (excludes halogenated alkanes) is 14. The minimum absolute atomic E-state index is 0.357. The average molecular weight is 373 g/mol. The molecule has 0 spiro atoms. The van der Waals surface area contributed by atoms with E-state index in [1.807, 2.05) is 20.8 Å². The van der Waals surface area contributed by atoms with Gasteiger partial charge in [-0.25, -0.2) is 4.79 Å². The van der Waals surface area contributed by atoms with Gasteiger partial charge < -0.3 is 0 Å². The van der Waals surface area contributed by atoms with Crippen LogP contribution in [0.2, 0.25) is 0 Å². The standard InChI is InChI=1S/C22H44O4/c1-5-6-7-8-9-10-11-12-13-14-15-16-17-18-19-20-21(23)24-26-25-22(2,3)4/h5-20H2,1-4H3. The molecule has 0 aromatic carbocycles. The van der Waals surface area contributed by atoms with Crippen LogP contribution in [-0.2, 0) is 19.6 Å². The molecule has 0 N–H and O–H groups in total. The van der Waals surface area contributed by atoms with Gasteiger partial charge in [-0.15, -0.1) is 0 Å². The summed E-state index contributed by atoms with van der Waals surface area (Å²) in [7, 11) is 0. The Kier molecular flexibility index (Phi) is 17.4. The monoisotopic (exact) mass is 372 g/mol. The summed E-state index contributed by atoms with van der Waals surface area (Å²) in [6, 6.07) is 0. The minimum atomic E-state index is -0.477. The summed E-state index contributed by atoms with van der Waals surface area (Å²) in [6.45, 7) is 7.76. The molecule has 0 saturated heterocycles. The van der Waals surface area contributed by atoms with E-state index in [9.17, 15) is 4.79 Å². The highest BCUT2D eigenvalue weighted by molar-refractivity contribution is 5.68. The van der Waals surface area contributed by atoms with E-state index in [-0.39, 0.29) is 5.97 Å². The van der Waals surface area contributed by atoms with Gasteiger partial charge in [-0.2, -0.15) is 4.89 Å². The second-order valence-corrected chi connectivity index (χ2v) is 8.42. The van der Waals surface area contributed by atoms with E-state index in [1.54, 1.807) is 0 Å². The van der Waals surface area contributed by atoms with Crippen molar-refractivity contribution in [2.75, 3.05) is 0 Å². The summed E-state index contributed by atoms with van der Waals surface area (Å²) in [4.78, 5) is 20.9. The molecule has 4 nitrogen and oxygen atoms in total. The molecule has 0 fully saturated rings. The van der Waals surface area contributed by atoms with Crippen molar-refractivity contribution < 1.29 is 19.6 Å². The Bertz CT molecular complexity index is 310.